The molecule has 0 unspecified atom stereocenters. The van der Waals surface area contributed by atoms with Gasteiger partial charge >= 0.3 is 12.0 Å². The fourth-order valence-electron chi connectivity index (χ4n) is 1.64. The predicted molar refractivity (Wildman–Crippen MR) is 76.4 cm³/mol. The molecule has 1 aromatic rings. The maximum Gasteiger partial charge on any atom is 0.335 e. The average Bonchev–Trinajstić information content (AvgIpc) is 2.37. The first-order valence-corrected chi connectivity index (χ1v) is 6.46. The molecule has 0 saturated heterocycles. The fraction of sp³-hybridized carbons (Fsp3) is 0.385. The monoisotopic (exact) mass is 300 g/mol. The Hall–Kier alpha value is -1.79. The Kier molecular flexibility index (Phi) is 5.79. The van der Waals surface area contributed by atoms with Crippen LogP contribution >= 0.6 is 11.6 Å². The predicted octanol–water partition coefficient (Wildman–Crippen LogP) is 2.27. The van der Waals surface area contributed by atoms with Gasteiger partial charge in [0, 0.05) is 12.6 Å². The van der Waals surface area contributed by atoms with Crippen LogP contribution in [0.2, 0.25) is 5.02 Å². The van der Waals surface area contributed by atoms with Gasteiger partial charge in [-0.15, -0.1) is 0 Å². The van der Waals surface area contributed by atoms with Crippen molar-refractivity contribution in [2.75, 3.05) is 18.5 Å². The van der Waals surface area contributed by atoms with Crippen molar-refractivity contribution >= 4 is 29.3 Å². The highest BCUT2D eigenvalue weighted by molar-refractivity contribution is 6.33. The third kappa shape index (κ3) is 4.11. The molecule has 0 fully saturated rings. The van der Waals surface area contributed by atoms with Crippen LogP contribution in [0.25, 0.3) is 0 Å². The number of carbonyl (C=O) groups excluding carboxylic acids is 1. The van der Waals surface area contributed by atoms with Crippen LogP contribution in [0, 0.1) is 0 Å². The van der Waals surface area contributed by atoms with E-state index in [1.54, 1.807) is 0 Å². The summed E-state index contributed by atoms with van der Waals surface area (Å²) in [5, 5.41) is 20.7. The molecule has 0 atom stereocenters. The number of urea groups is 1. The standard InChI is InChI=1S/C13H17ClN2O4/c1-8(2)16(5-6-17)13(20)15-11-7-9(12(18)19)3-4-10(11)14/h3-4,7-8,17H,5-6H2,1-2H3,(H,15,20)(H,18,19). The number of rotatable bonds is 5. The highest BCUT2D eigenvalue weighted by Crippen LogP contribution is 2.23. The van der Waals surface area contributed by atoms with Crippen molar-refractivity contribution in [1.82, 2.24) is 4.90 Å². The molecule has 1 rings (SSSR count). The molecule has 0 aliphatic rings. The zero-order chi connectivity index (χ0) is 15.3. The summed E-state index contributed by atoms with van der Waals surface area (Å²) < 4.78 is 0. The minimum Gasteiger partial charge on any atom is -0.478 e. The van der Waals surface area contributed by atoms with E-state index >= 15 is 0 Å². The Labute approximate surface area is 122 Å². The first-order valence-electron chi connectivity index (χ1n) is 6.08. The smallest absolute Gasteiger partial charge is 0.335 e. The van der Waals surface area contributed by atoms with Crippen molar-refractivity contribution < 1.29 is 19.8 Å². The zero-order valence-corrected chi connectivity index (χ0v) is 12.0. The molecule has 20 heavy (non-hydrogen) atoms. The van der Waals surface area contributed by atoms with E-state index < -0.39 is 12.0 Å². The summed E-state index contributed by atoms with van der Waals surface area (Å²) in [5.74, 6) is -1.10. The summed E-state index contributed by atoms with van der Waals surface area (Å²) in [5.41, 5.74) is 0.253. The molecule has 1 aromatic carbocycles. The van der Waals surface area contributed by atoms with E-state index in [2.05, 4.69) is 5.32 Å². The molecule has 0 spiro atoms. The van der Waals surface area contributed by atoms with Crippen molar-refractivity contribution in [3.63, 3.8) is 0 Å². The highest BCUT2D eigenvalue weighted by atomic mass is 35.5. The summed E-state index contributed by atoms with van der Waals surface area (Å²) in [6.07, 6.45) is 0. The second-order valence-electron chi connectivity index (χ2n) is 4.44. The van der Waals surface area contributed by atoms with Gasteiger partial charge in [0.25, 0.3) is 0 Å². The maximum absolute atomic E-state index is 12.1. The van der Waals surface area contributed by atoms with Crippen molar-refractivity contribution in [3.8, 4) is 0 Å². The second-order valence-corrected chi connectivity index (χ2v) is 4.85. The van der Waals surface area contributed by atoms with Crippen LogP contribution in [-0.4, -0.2) is 46.3 Å². The molecule has 6 nitrogen and oxygen atoms in total. The second kappa shape index (κ2) is 7.12. The summed E-state index contributed by atoms with van der Waals surface area (Å²) >= 11 is 5.93. The van der Waals surface area contributed by atoms with Gasteiger partial charge in [0.05, 0.1) is 22.9 Å². The molecule has 0 aliphatic carbocycles. The van der Waals surface area contributed by atoms with Crippen molar-refractivity contribution in [2.24, 2.45) is 0 Å². The number of benzene rings is 1. The first kappa shape index (κ1) is 16.3. The van der Waals surface area contributed by atoms with Gasteiger partial charge in [0.15, 0.2) is 0 Å². The number of carbonyl (C=O) groups is 2. The van der Waals surface area contributed by atoms with Crippen LogP contribution in [0.5, 0.6) is 0 Å². The van der Waals surface area contributed by atoms with Gasteiger partial charge in [-0.05, 0) is 32.0 Å². The molecular formula is C13H17ClN2O4. The number of carboxylic acids is 1. The molecule has 2 amide bonds. The lowest BCUT2D eigenvalue weighted by molar-refractivity contribution is 0.0697. The van der Waals surface area contributed by atoms with Crippen molar-refractivity contribution in [2.45, 2.75) is 19.9 Å². The van der Waals surface area contributed by atoms with Gasteiger partial charge < -0.3 is 20.4 Å². The third-order valence-electron chi connectivity index (χ3n) is 2.68. The number of nitrogens with one attached hydrogen (secondary N) is 1. The number of hydrogen-bond donors (Lipinski definition) is 3. The number of halogens is 1. The topological polar surface area (TPSA) is 89.9 Å². The Bertz CT molecular complexity index is 505. The number of amides is 2. The largest absolute Gasteiger partial charge is 0.478 e. The lowest BCUT2D eigenvalue weighted by Crippen LogP contribution is -2.41. The van der Waals surface area contributed by atoms with Gasteiger partial charge in [0.1, 0.15) is 0 Å². The summed E-state index contributed by atoms with van der Waals surface area (Å²) in [6, 6.07) is 3.50. The van der Waals surface area contributed by atoms with E-state index in [9.17, 15) is 9.59 Å². The van der Waals surface area contributed by atoms with Gasteiger partial charge in [-0.2, -0.15) is 0 Å². The molecule has 0 aromatic heterocycles. The highest BCUT2D eigenvalue weighted by Gasteiger charge is 2.18. The van der Waals surface area contributed by atoms with Crippen LogP contribution in [0.15, 0.2) is 18.2 Å². The molecule has 110 valence electrons. The van der Waals surface area contributed by atoms with Crippen LogP contribution in [0.3, 0.4) is 0 Å². The lowest BCUT2D eigenvalue weighted by atomic mass is 10.2. The van der Waals surface area contributed by atoms with Gasteiger partial charge in [-0.25, -0.2) is 9.59 Å². The Morgan fingerprint density at radius 3 is 2.55 bits per heavy atom. The van der Waals surface area contributed by atoms with E-state index in [1.165, 1.54) is 23.1 Å². The van der Waals surface area contributed by atoms with E-state index in [1.807, 2.05) is 13.8 Å². The van der Waals surface area contributed by atoms with Crippen molar-refractivity contribution in [1.29, 1.82) is 0 Å². The number of anilines is 1. The zero-order valence-electron chi connectivity index (χ0n) is 11.3. The first-order chi connectivity index (χ1) is 9.36. The average molecular weight is 301 g/mol. The van der Waals surface area contributed by atoms with Gasteiger partial charge in [-0.3, -0.25) is 0 Å². The summed E-state index contributed by atoms with van der Waals surface area (Å²) in [4.78, 5) is 24.4. The molecule has 0 radical (unpaired) electrons. The number of hydrogen-bond acceptors (Lipinski definition) is 3. The normalized spacial score (nSPS) is 10.4. The van der Waals surface area contributed by atoms with E-state index in [0.717, 1.165) is 0 Å². The number of aromatic carboxylic acids is 1. The van der Waals surface area contributed by atoms with E-state index in [0.29, 0.717) is 0 Å². The van der Waals surface area contributed by atoms with Gasteiger partial charge in [-0.1, -0.05) is 11.6 Å². The Morgan fingerprint density at radius 2 is 2.05 bits per heavy atom. The number of carboxylic acid groups (broad SMARTS) is 1. The third-order valence-corrected chi connectivity index (χ3v) is 3.01. The SMILES string of the molecule is CC(C)N(CCO)C(=O)Nc1cc(C(=O)O)ccc1Cl. The number of aliphatic hydroxyl groups excluding tert-OH is 1. The Morgan fingerprint density at radius 1 is 1.40 bits per heavy atom. The molecule has 3 N–H and O–H groups in total. The van der Waals surface area contributed by atoms with Crippen LogP contribution < -0.4 is 5.32 Å². The number of aliphatic hydroxyl groups is 1. The Balaban J connectivity index is 2.94. The molecule has 0 aliphatic heterocycles. The minimum absolute atomic E-state index is 0.0305. The minimum atomic E-state index is -1.10. The maximum atomic E-state index is 12.1. The fourth-order valence-corrected chi connectivity index (χ4v) is 1.81. The van der Waals surface area contributed by atoms with Gasteiger partial charge in [0.2, 0.25) is 0 Å². The van der Waals surface area contributed by atoms with E-state index in [4.69, 9.17) is 21.8 Å². The van der Waals surface area contributed by atoms with Crippen LogP contribution in [0.1, 0.15) is 24.2 Å². The lowest BCUT2D eigenvalue weighted by Gasteiger charge is -2.26. The molecule has 0 bridgehead atoms. The van der Waals surface area contributed by atoms with E-state index in [-0.39, 0.29) is 35.5 Å². The molecule has 7 heteroatoms. The van der Waals surface area contributed by atoms with Crippen LogP contribution in [-0.2, 0) is 0 Å². The quantitative estimate of drug-likeness (QED) is 0.778. The van der Waals surface area contributed by atoms with Crippen LogP contribution in [0.4, 0.5) is 10.5 Å². The summed E-state index contributed by atoms with van der Waals surface area (Å²) in [6.45, 7) is 3.64. The number of nitrogens with zero attached hydrogens (tertiary/aromatic N) is 1. The molecular weight excluding hydrogens is 284 g/mol. The van der Waals surface area contributed by atoms with Crippen molar-refractivity contribution in [3.05, 3.63) is 28.8 Å². The summed E-state index contributed by atoms with van der Waals surface area (Å²) in [7, 11) is 0. The molecule has 0 heterocycles. The molecule has 0 saturated carbocycles.